The lowest BCUT2D eigenvalue weighted by molar-refractivity contribution is -0.0503. The molecule has 0 aromatic heterocycles. The van der Waals surface area contributed by atoms with E-state index in [1.54, 1.807) is 0 Å². The molecule has 4 nitrogen and oxygen atoms in total. The van der Waals surface area contributed by atoms with Crippen LogP contribution in [0.15, 0.2) is 18.2 Å². The summed E-state index contributed by atoms with van der Waals surface area (Å²) in [6, 6.07) is 5.67. The topological polar surface area (TPSA) is 61.4 Å². The van der Waals surface area contributed by atoms with Crippen LogP contribution < -0.4 is 10.6 Å². The molecule has 1 aromatic rings. The van der Waals surface area contributed by atoms with Crippen LogP contribution in [0, 0.1) is 28.6 Å². The van der Waals surface area contributed by atoms with E-state index in [9.17, 15) is 9.90 Å². The summed E-state index contributed by atoms with van der Waals surface area (Å²) >= 11 is 6.36. The SMILES string of the molecule is CC(C)(CO)CNCc1ccc(Cl)c(C(=O)NCC23CC4CC(CC(C4)C2)C3)c1. The van der Waals surface area contributed by atoms with Crippen LogP contribution in [0.2, 0.25) is 5.02 Å². The molecule has 160 valence electrons. The number of benzene rings is 1. The van der Waals surface area contributed by atoms with Gasteiger partial charge in [-0.1, -0.05) is 31.5 Å². The van der Waals surface area contributed by atoms with E-state index in [0.29, 0.717) is 29.1 Å². The largest absolute Gasteiger partial charge is 0.396 e. The van der Waals surface area contributed by atoms with Crippen LogP contribution in [0.5, 0.6) is 0 Å². The van der Waals surface area contributed by atoms with Gasteiger partial charge in [-0.2, -0.15) is 0 Å². The predicted molar refractivity (Wildman–Crippen MR) is 117 cm³/mol. The molecule has 4 aliphatic rings. The molecule has 0 spiro atoms. The van der Waals surface area contributed by atoms with Gasteiger partial charge in [-0.15, -0.1) is 0 Å². The number of amides is 1. The molecular formula is C24H35ClN2O2. The fourth-order valence-corrected chi connectivity index (χ4v) is 6.53. The van der Waals surface area contributed by atoms with E-state index < -0.39 is 0 Å². The van der Waals surface area contributed by atoms with Gasteiger partial charge in [-0.05, 0) is 79.4 Å². The average molecular weight is 419 g/mol. The smallest absolute Gasteiger partial charge is 0.252 e. The Kier molecular flexibility index (Phi) is 5.98. The molecule has 4 aliphatic carbocycles. The summed E-state index contributed by atoms with van der Waals surface area (Å²) in [6.07, 6.45) is 8.12. The lowest BCUT2D eigenvalue weighted by Gasteiger charge is -2.56. The van der Waals surface area contributed by atoms with E-state index in [1.165, 1.54) is 38.5 Å². The molecule has 1 aromatic carbocycles. The molecule has 0 aliphatic heterocycles. The average Bonchev–Trinajstić information content (AvgIpc) is 2.66. The molecule has 5 heteroatoms. The summed E-state index contributed by atoms with van der Waals surface area (Å²) in [5.41, 5.74) is 1.76. The van der Waals surface area contributed by atoms with Gasteiger partial charge in [0.15, 0.2) is 0 Å². The molecule has 29 heavy (non-hydrogen) atoms. The van der Waals surface area contributed by atoms with E-state index in [-0.39, 0.29) is 17.9 Å². The molecule has 0 atom stereocenters. The number of hydrogen-bond acceptors (Lipinski definition) is 3. The van der Waals surface area contributed by atoms with E-state index in [1.807, 2.05) is 32.0 Å². The molecule has 5 rings (SSSR count). The van der Waals surface area contributed by atoms with Gasteiger partial charge in [0.25, 0.3) is 5.91 Å². The monoisotopic (exact) mass is 418 g/mol. The second-order valence-corrected chi connectivity index (χ2v) is 11.2. The van der Waals surface area contributed by atoms with Crippen LogP contribution in [0.25, 0.3) is 0 Å². The van der Waals surface area contributed by atoms with Crippen molar-refractivity contribution in [2.45, 2.75) is 58.9 Å². The molecule has 0 saturated heterocycles. The fraction of sp³-hybridized carbons (Fsp3) is 0.708. The molecule has 0 radical (unpaired) electrons. The first-order valence-electron chi connectivity index (χ1n) is 11.2. The summed E-state index contributed by atoms with van der Waals surface area (Å²) in [4.78, 5) is 12.9. The number of aliphatic hydroxyl groups excluding tert-OH is 1. The molecule has 4 fully saturated rings. The van der Waals surface area contributed by atoms with Crippen molar-refractivity contribution in [3.8, 4) is 0 Å². The third-order valence-electron chi connectivity index (χ3n) is 7.43. The highest BCUT2D eigenvalue weighted by Gasteiger charge is 2.50. The predicted octanol–water partition coefficient (Wildman–Crippen LogP) is 4.39. The van der Waals surface area contributed by atoms with E-state index in [2.05, 4.69) is 10.6 Å². The minimum atomic E-state index is -0.162. The Bertz CT molecular complexity index is 726. The zero-order chi connectivity index (χ0) is 20.6. The fourth-order valence-electron chi connectivity index (χ4n) is 6.33. The zero-order valence-electron chi connectivity index (χ0n) is 17.8. The van der Waals surface area contributed by atoms with E-state index >= 15 is 0 Å². The van der Waals surface area contributed by atoms with Crippen LogP contribution in [0.4, 0.5) is 0 Å². The summed E-state index contributed by atoms with van der Waals surface area (Å²) in [5, 5.41) is 16.5. The van der Waals surface area contributed by atoms with Gasteiger partial charge in [-0.3, -0.25) is 4.79 Å². The number of aliphatic hydroxyl groups is 1. The van der Waals surface area contributed by atoms with E-state index in [0.717, 1.165) is 29.9 Å². The number of nitrogens with one attached hydrogen (secondary N) is 2. The Morgan fingerprint density at radius 2 is 1.79 bits per heavy atom. The maximum atomic E-state index is 12.9. The van der Waals surface area contributed by atoms with Gasteiger partial charge >= 0.3 is 0 Å². The van der Waals surface area contributed by atoms with Crippen molar-refractivity contribution in [3.05, 3.63) is 34.3 Å². The van der Waals surface area contributed by atoms with Crippen molar-refractivity contribution >= 4 is 17.5 Å². The second-order valence-electron chi connectivity index (χ2n) is 10.8. The molecule has 3 N–H and O–H groups in total. The number of rotatable bonds is 8. The lowest BCUT2D eigenvalue weighted by atomic mass is 9.49. The Balaban J connectivity index is 1.36. The molecule has 4 bridgehead atoms. The third kappa shape index (κ3) is 4.81. The minimum Gasteiger partial charge on any atom is -0.396 e. The Hall–Kier alpha value is -1.10. The quantitative estimate of drug-likeness (QED) is 0.586. The van der Waals surface area contributed by atoms with Crippen LogP contribution in [0.3, 0.4) is 0 Å². The van der Waals surface area contributed by atoms with Crippen molar-refractivity contribution in [2.75, 3.05) is 19.7 Å². The van der Waals surface area contributed by atoms with Gasteiger partial charge in [-0.25, -0.2) is 0 Å². The number of carbonyl (C=O) groups excluding carboxylic acids is 1. The van der Waals surface area contributed by atoms with Crippen molar-refractivity contribution in [3.63, 3.8) is 0 Å². The van der Waals surface area contributed by atoms with Gasteiger partial charge in [0.2, 0.25) is 0 Å². The number of carbonyl (C=O) groups is 1. The molecule has 0 heterocycles. The first kappa shape index (κ1) is 21.1. The van der Waals surface area contributed by atoms with Gasteiger partial charge < -0.3 is 15.7 Å². The maximum Gasteiger partial charge on any atom is 0.252 e. The maximum absolute atomic E-state index is 12.9. The van der Waals surface area contributed by atoms with Crippen molar-refractivity contribution in [2.24, 2.45) is 28.6 Å². The highest BCUT2D eigenvalue weighted by molar-refractivity contribution is 6.33. The van der Waals surface area contributed by atoms with Crippen molar-refractivity contribution < 1.29 is 9.90 Å². The minimum absolute atomic E-state index is 0.0525. The molecular weight excluding hydrogens is 384 g/mol. The summed E-state index contributed by atoms with van der Waals surface area (Å²) < 4.78 is 0. The van der Waals surface area contributed by atoms with Crippen LogP contribution in [-0.4, -0.2) is 30.7 Å². The highest BCUT2D eigenvalue weighted by Crippen LogP contribution is 2.59. The first-order chi connectivity index (χ1) is 13.8. The third-order valence-corrected chi connectivity index (χ3v) is 7.75. The Morgan fingerprint density at radius 1 is 1.17 bits per heavy atom. The summed E-state index contributed by atoms with van der Waals surface area (Å²) in [7, 11) is 0. The van der Waals surface area contributed by atoms with Crippen LogP contribution >= 0.6 is 11.6 Å². The van der Waals surface area contributed by atoms with Crippen LogP contribution in [0.1, 0.15) is 68.3 Å². The summed E-state index contributed by atoms with van der Waals surface area (Å²) in [6.45, 7) is 6.32. The Morgan fingerprint density at radius 3 is 2.38 bits per heavy atom. The van der Waals surface area contributed by atoms with E-state index in [4.69, 9.17) is 11.6 Å². The van der Waals surface area contributed by atoms with Gasteiger partial charge in [0, 0.05) is 31.7 Å². The van der Waals surface area contributed by atoms with Crippen molar-refractivity contribution in [1.82, 2.24) is 10.6 Å². The van der Waals surface area contributed by atoms with Crippen LogP contribution in [-0.2, 0) is 6.54 Å². The van der Waals surface area contributed by atoms with Gasteiger partial charge in [0.1, 0.15) is 0 Å². The number of hydrogen-bond donors (Lipinski definition) is 3. The first-order valence-corrected chi connectivity index (χ1v) is 11.5. The zero-order valence-corrected chi connectivity index (χ0v) is 18.5. The summed E-state index contributed by atoms with van der Waals surface area (Å²) in [5.74, 6) is 2.61. The lowest BCUT2D eigenvalue weighted by Crippen LogP contribution is -2.51. The highest BCUT2D eigenvalue weighted by atomic mass is 35.5. The number of halogens is 1. The van der Waals surface area contributed by atoms with Crippen molar-refractivity contribution in [1.29, 1.82) is 0 Å². The molecule has 4 saturated carbocycles. The van der Waals surface area contributed by atoms with Gasteiger partial charge in [0.05, 0.1) is 10.6 Å². The molecule has 1 amide bonds. The second kappa shape index (κ2) is 8.20. The standard InChI is InChI=1S/C24H35ClN2O2/c1-23(2,15-28)13-26-12-16-3-4-21(25)20(8-16)22(29)27-14-24-9-17-5-18(10-24)7-19(6-17)11-24/h3-4,8,17-19,26,28H,5-7,9-15H2,1-2H3,(H,27,29). The normalized spacial score (nSPS) is 30.6. The molecule has 0 unspecified atom stereocenters. The Labute approximate surface area is 179 Å².